The van der Waals surface area contributed by atoms with Crippen LogP contribution < -0.4 is 5.32 Å². The summed E-state index contributed by atoms with van der Waals surface area (Å²) in [6.45, 7) is 7.37. The number of carbonyl (C=O) groups is 1. The molecule has 0 radical (unpaired) electrons. The molecule has 0 saturated carbocycles. The Bertz CT molecular complexity index is 357. The van der Waals surface area contributed by atoms with Crippen LogP contribution in [0.1, 0.15) is 43.1 Å². The van der Waals surface area contributed by atoms with Gasteiger partial charge in [0.25, 0.3) is 0 Å². The van der Waals surface area contributed by atoms with Crippen LogP contribution in [0, 0.1) is 5.92 Å². The molecule has 0 amide bonds. The Morgan fingerprint density at radius 3 is 2.29 bits per heavy atom. The maximum Gasteiger partial charge on any atom is 0.335 e. The van der Waals surface area contributed by atoms with Gasteiger partial charge in [-0.25, -0.2) is 4.79 Å². The van der Waals surface area contributed by atoms with Crippen LogP contribution in [-0.4, -0.2) is 17.1 Å². The molecule has 0 spiro atoms. The fourth-order valence-electron chi connectivity index (χ4n) is 1.85. The van der Waals surface area contributed by atoms with Gasteiger partial charge in [-0.2, -0.15) is 0 Å². The fourth-order valence-corrected chi connectivity index (χ4v) is 1.85. The summed E-state index contributed by atoms with van der Waals surface area (Å²) in [5.41, 5.74) is 1.45. The third-order valence-electron chi connectivity index (χ3n) is 2.68. The summed E-state index contributed by atoms with van der Waals surface area (Å²) in [5, 5.41) is 12.2. The smallest absolute Gasteiger partial charge is 0.335 e. The third-order valence-corrected chi connectivity index (χ3v) is 2.68. The van der Waals surface area contributed by atoms with Crippen molar-refractivity contribution >= 4 is 5.97 Å². The SMILES string of the molecule is CC(C)CC(C)NCc1ccc(C(=O)O)cc1. The molecule has 2 N–H and O–H groups in total. The number of carboxylic acids is 1. The number of carboxylic acid groups (broad SMARTS) is 1. The average Bonchev–Trinajstić information content (AvgIpc) is 2.26. The Morgan fingerprint density at radius 1 is 1.24 bits per heavy atom. The monoisotopic (exact) mass is 235 g/mol. The second kappa shape index (κ2) is 6.40. The maximum absolute atomic E-state index is 10.7. The first-order valence-corrected chi connectivity index (χ1v) is 6.04. The van der Waals surface area contributed by atoms with E-state index in [2.05, 4.69) is 26.1 Å². The largest absolute Gasteiger partial charge is 0.478 e. The minimum Gasteiger partial charge on any atom is -0.478 e. The molecule has 0 heterocycles. The standard InChI is InChI=1S/C14H21NO2/c1-10(2)8-11(3)15-9-12-4-6-13(7-5-12)14(16)17/h4-7,10-11,15H,8-9H2,1-3H3,(H,16,17). The van der Waals surface area contributed by atoms with Crippen molar-refractivity contribution < 1.29 is 9.90 Å². The molecule has 1 unspecified atom stereocenters. The lowest BCUT2D eigenvalue weighted by atomic mass is 10.0. The van der Waals surface area contributed by atoms with E-state index in [4.69, 9.17) is 5.11 Å². The molecule has 0 aliphatic rings. The van der Waals surface area contributed by atoms with Crippen LogP contribution in [-0.2, 0) is 6.54 Å². The fraction of sp³-hybridized carbons (Fsp3) is 0.500. The molecule has 0 aliphatic carbocycles. The molecule has 0 saturated heterocycles. The van der Waals surface area contributed by atoms with E-state index in [1.165, 1.54) is 0 Å². The van der Waals surface area contributed by atoms with Crippen LogP contribution in [0.2, 0.25) is 0 Å². The highest BCUT2D eigenvalue weighted by molar-refractivity contribution is 5.87. The van der Waals surface area contributed by atoms with Crippen molar-refractivity contribution in [3.05, 3.63) is 35.4 Å². The van der Waals surface area contributed by atoms with Gasteiger partial charge in [-0.1, -0.05) is 26.0 Å². The molecular formula is C14H21NO2. The lowest BCUT2D eigenvalue weighted by Crippen LogP contribution is -2.26. The molecule has 1 aromatic rings. The zero-order valence-electron chi connectivity index (χ0n) is 10.7. The number of nitrogens with one attached hydrogen (secondary N) is 1. The first-order valence-electron chi connectivity index (χ1n) is 6.04. The van der Waals surface area contributed by atoms with Crippen molar-refractivity contribution in [3.63, 3.8) is 0 Å². The molecule has 3 nitrogen and oxygen atoms in total. The Morgan fingerprint density at radius 2 is 1.82 bits per heavy atom. The highest BCUT2D eigenvalue weighted by atomic mass is 16.4. The van der Waals surface area contributed by atoms with E-state index in [-0.39, 0.29) is 0 Å². The number of hydrogen-bond donors (Lipinski definition) is 2. The minimum atomic E-state index is -0.877. The lowest BCUT2D eigenvalue weighted by Gasteiger charge is -2.15. The van der Waals surface area contributed by atoms with Gasteiger partial charge in [0.05, 0.1) is 5.56 Å². The zero-order valence-corrected chi connectivity index (χ0v) is 10.7. The van der Waals surface area contributed by atoms with E-state index in [9.17, 15) is 4.79 Å². The molecular weight excluding hydrogens is 214 g/mol. The first-order chi connectivity index (χ1) is 7.99. The summed E-state index contributed by atoms with van der Waals surface area (Å²) in [6, 6.07) is 7.49. The molecule has 1 atom stereocenters. The third kappa shape index (κ3) is 5.00. The number of benzene rings is 1. The lowest BCUT2D eigenvalue weighted by molar-refractivity contribution is 0.0697. The van der Waals surface area contributed by atoms with Crippen molar-refractivity contribution in [3.8, 4) is 0 Å². The Balaban J connectivity index is 2.44. The Labute approximate surface area is 103 Å². The number of aromatic carboxylic acids is 1. The van der Waals surface area contributed by atoms with E-state index in [1.54, 1.807) is 12.1 Å². The van der Waals surface area contributed by atoms with Gasteiger partial charge in [0.15, 0.2) is 0 Å². The van der Waals surface area contributed by atoms with Crippen molar-refractivity contribution in [2.45, 2.75) is 39.8 Å². The van der Waals surface area contributed by atoms with Gasteiger partial charge in [0.1, 0.15) is 0 Å². The van der Waals surface area contributed by atoms with E-state index < -0.39 is 5.97 Å². The summed E-state index contributed by atoms with van der Waals surface area (Å²) in [4.78, 5) is 10.7. The Hall–Kier alpha value is -1.35. The second-order valence-electron chi connectivity index (χ2n) is 4.91. The van der Waals surface area contributed by atoms with Gasteiger partial charge in [-0.3, -0.25) is 0 Å². The maximum atomic E-state index is 10.7. The van der Waals surface area contributed by atoms with E-state index in [0.717, 1.165) is 18.5 Å². The van der Waals surface area contributed by atoms with Crippen LogP contribution in [0.4, 0.5) is 0 Å². The van der Waals surface area contributed by atoms with Crippen molar-refractivity contribution in [1.82, 2.24) is 5.32 Å². The molecule has 3 heteroatoms. The highest BCUT2D eigenvalue weighted by Crippen LogP contribution is 2.07. The molecule has 0 bridgehead atoms. The predicted molar refractivity (Wildman–Crippen MR) is 69.2 cm³/mol. The van der Waals surface area contributed by atoms with Gasteiger partial charge in [-0.15, -0.1) is 0 Å². The molecule has 0 fully saturated rings. The zero-order chi connectivity index (χ0) is 12.8. The van der Waals surface area contributed by atoms with Gasteiger partial charge >= 0.3 is 5.97 Å². The summed E-state index contributed by atoms with van der Waals surface area (Å²) < 4.78 is 0. The quantitative estimate of drug-likeness (QED) is 0.797. The van der Waals surface area contributed by atoms with Crippen molar-refractivity contribution in [1.29, 1.82) is 0 Å². The van der Waals surface area contributed by atoms with Crippen molar-refractivity contribution in [2.24, 2.45) is 5.92 Å². The summed E-state index contributed by atoms with van der Waals surface area (Å²) >= 11 is 0. The minimum absolute atomic E-state index is 0.337. The molecule has 17 heavy (non-hydrogen) atoms. The molecule has 1 rings (SSSR count). The highest BCUT2D eigenvalue weighted by Gasteiger charge is 2.05. The molecule has 0 aliphatic heterocycles. The first kappa shape index (κ1) is 13.7. The Kier molecular flexibility index (Phi) is 5.16. The van der Waals surface area contributed by atoms with Crippen LogP contribution in [0.25, 0.3) is 0 Å². The molecule has 1 aromatic carbocycles. The van der Waals surface area contributed by atoms with Crippen LogP contribution >= 0.6 is 0 Å². The summed E-state index contributed by atoms with van der Waals surface area (Å²) in [5.74, 6) is -0.190. The van der Waals surface area contributed by atoms with Gasteiger partial charge in [-0.05, 0) is 37.0 Å². The second-order valence-corrected chi connectivity index (χ2v) is 4.91. The van der Waals surface area contributed by atoms with E-state index in [1.807, 2.05) is 12.1 Å². The molecule has 94 valence electrons. The average molecular weight is 235 g/mol. The topological polar surface area (TPSA) is 49.3 Å². The summed E-state index contributed by atoms with van der Waals surface area (Å²) in [7, 11) is 0. The summed E-state index contributed by atoms with van der Waals surface area (Å²) in [6.07, 6.45) is 1.15. The predicted octanol–water partition coefficient (Wildman–Crippen LogP) is 2.91. The van der Waals surface area contributed by atoms with Gasteiger partial charge < -0.3 is 10.4 Å². The number of hydrogen-bond acceptors (Lipinski definition) is 2. The van der Waals surface area contributed by atoms with Crippen molar-refractivity contribution in [2.75, 3.05) is 0 Å². The van der Waals surface area contributed by atoms with E-state index in [0.29, 0.717) is 17.5 Å². The van der Waals surface area contributed by atoms with E-state index >= 15 is 0 Å². The van der Waals surface area contributed by atoms with Gasteiger partial charge in [0.2, 0.25) is 0 Å². The van der Waals surface area contributed by atoms with Crippen LogP contribution in [0.5, 0.6) is 0 Å². The van der Waals surface area contributed by atoms with Crippen LogP contribution in [0.3, 0.4) is 0 Å². The number of rotatable bonds is 6. The molecule has 0 aromatic heterocycles. The van der Waals surface area contributed by atoms with Crippen LogP contribution in [0.15, 0.2) is 24.3 Å². The normalized spacial score (nSPS) is 12.7. The van der Waals surface area contributed by atoms with Gasteiger partial charge in [0, 0.05) is 12.6 Å².